The van der Waals surface area contributed by atoms with Crippen LogP contribution in [0.1, 0.15) is 22.3 Å². The van der Waals surface area contributed by atoms with Gasteiger partial charge in [-0.25, -0.2) is 9.59 Å². The van der Waals surface area contributed by atoms with Crippen LogP contribution < -0.4 is 11.3 Å². The molecule has 4 rings (SSSR count). The van der Waals surface area contributed by atoms with Gasteiger partial charge in [-0.2, -0.15) is 0 Å². The lowest BCUT2D eigenvalue weighted by molar-refractivity contribution is 0.559. The highest BCUT2D eigenvalue weighted by molar-refractivity contribution is 5.86. The van der Waals surface area contributed by atoms with Crippen LogP contribution in [0.25, 0.3) is 34.1 Å². The first kappa shape index (κ1) is 16.1. The Kier molecular flexibility index (Phi) is 3.81. The molecule has 0 N–H and O–H groups in total. The first-order chi connectivity index (χ1) is 12.5. The van der Waals surface area contributed by atoms with E-state index in [2.05, 4.69) is 0 Å². The summed E-state index contributed by atoms with van der Waals surface area (Å²) in [6.45, 7) is 3.78. The van der Waals surface area contributed by atoms with Gasteiger partial charge in [-0.1, -0.05) is 36.4 Å². The van der Waals surface area contributed by atoms with E-state index in [4.69, 9.17) is 8.83 Å². The van der Waals surface area contributed by atoms with Crippen molar-refractivity contribution in [1.82, 2.24) is 0 Å². The van der Waals surface area contributed by atoms with Gasteiger partial charge in [-0.05, 0) is 48.2 Å². The second-order valence-corrected chi connectivity index (χ2v) is 6.34. The number of fused-ring (bicyclic) bond motifs is 2. The highest BCUT2D eigenvalue weighted by Gasteiger charge is 2.04. The van der Waals surface area contributed by atoms with E-state index < -0.39 is 0 Å². The van der Waals surface area contributed by atoms with Gasteiger partial charge >= 0.3 is 11.3 Å². The molecule has 2 aromatic carbocycles. The molecule has 0 aliphatic heterocycles. The topological polar surface area (TPSA) is 60.4 Å². The van der Waals surface area contributed by atoms with Gasteiger partial charge in [0, 0.05) is 22.9 Å². The maximum Gasteiger partial charge on any atom is 0.336 e. The highest BCUT2D eigenvalue weighted by atomic mass is 16.4. The van der Waals surface area contributed by atoms with Crippen molar-refractivity contribution in [2.24, 2.45) is 0 Å². The van der Waals surface area contributed by atoms with Gasteiger partial charge in [0.15, 0.2) is 0 Å². The first-order valence-corrected chi connectivity index (χ1v) is 8.27. The SMILES string of the molecule is Cc1cc(=O)oc2cc(C=Cc3ccc4c(C)cc(=O)oc4c3)ccc12. The van der Waals surface area contributed by atoms with Crippen LogP contribution in [0, 0.1) is 13.8 Å². The van der Waals surface area contributed by atoms with Crippen LogP contribution >= 0.6 is 0 Å². The van der Waals surface area contributed by atoms with Crippen LogP contribution in [-0.4, -0.2) is 0 Å². The predicted octanol–water partition coefficient (Wildman–Crippen LogP) is 4.69. The fourth-order valence-corrected chi connectivity index (χ4v) is 3.08. The van der Waals surface area contributed by atoms with Gasteiger partial charge in [0.05, 0.1) is 0 Å². The van der Waals surface area contributed by atoms with Crippen molar-refractivity contribution in [3.8, 4) is 0 Å². The zero-order valence-electron chi connectivity index (χ0n) is 14.4. The highest BCUT2D eigenvalue weighted by Crippen LogP contribution is 2.21. The van der Waals surface area contributed by atoms with Crippen molar-refractivity contribution in [2.75, 3.05) is 0 Å². The molecule has 0 atom stereocenters. The second-order valence-electron chi connectivity index (χ2n) is 6.34. The summed E-state index contributed by atoms with van der Waals surface area (Å²) in [5.41, 5.74) is 4.05. The molecule has 0 aliphatic carbocycles. The van der Waals surface area contributed by atoms with Crippen LogP contribution in [-0.2, 0) is 0 Å². The molecule has 4 aromatic rings. The standard InChI is InChI=1S/C22H16O4/c1-13-9-21(23)25-19-11-15(5-7-17(13)19)3-4-16-6-8-18-14(2)10-22(24)26-20(18)12-16/h3-12H,1-2H3. The maximum atomic E-state index is 11.6. The third kappa shape index (κ3) is 2.97. The number of hydrogen-bond donors (Lipinski definition) is 0. The second kappa shape index (κ2) is 6.15. The number of hydrogen-bond acceptors (Lipinski definition) is 4. The lowest BCUT2D eigenvalue weighted by Gasteiger charge is -2.03. The molecule has 0 bridgehead atoms. The molecule has 0 radical (unpaired) electrons. The molecule has 0 amide bonds. The molecular weight excluding hydrogens is 328 g/mol. The smallest absolute Gasteiger partial charge is 0.336 e. The fourth-order valence-electron chi connectivity index (χ4n) is 3.08. The normalized spacial score (nSPS) is 11.6. The third-order valence-electron chi connectivity index (χ3n) is 4.42. The zero-order chi connectivity index (χ0) is 18.3. The first-order valence-electron chi connectivity index (χ1n) is 8.27. The summed E-state index contributed by atoms with van der Waals surface area (Å²) in [6.07, 6.45) is 3.85. The summed E-state index contributed by atoms with van der Waals surface area (Å²) in [5.74, 6) is 0. The molecule has 128 valence electrons. The molecule has 0 aliphatic rings. The molecule has 2 heterocycles. The molecule has 2 aromatic heterocycles. The van der Waals surface area contributed by atoms with E-state index in [1.165, 1.54) is 12.1 Å². The van der Waals surface area contributed by atoms with Crippen LogP contribution in [0.2, 0.25) is 0 Å². The van der Waals surface area contributed by atoms with Crippen molar-refractivity contribution in [3.05, 3.63) is 91.6 Å². The van der Waals surface area contributed by atoms with E-state index in [1.807, 2.05) is 62.4 Å². The molecule has 0 saturated carbocycles. The Bertz CT molecular complexity index is 1190. The lowest BCUT2D eigenvalue weighted by Crippen LogP contribution is -1.97. The number of benzene rings is 2. The molecule has 26 heavy (non-hydrogen) atoms. The van der Waals surface area contributed by atoms with Gasteiger partial charge in [-0.3, -0.25) is 0 Å². The van der Waals surface area contributed by atoms with E-state index >= 15 is 0 Å². The summed E-state index contributed by atoms with van der Waals surface area (Å²) >= 11 is 0. The largest absolute Gasteiger partial charge is 0.423 e. The van der Waals surface area contributed by atoms with Crippen LogP contribution in [0.15, 0.2) is 67.0 Å². The fraction of sp³-hybridized carbons (Fsp3) is 0.0909. The van der Waals surface area contributed by atoms with E-state index in [-0.39, 0.29) is 11.3 Å². The molecule has 0 unspecified atom stereocenters. The molecule has 0 spiro atoms. The van der Waals surface area contributed by atoms with Crippen molar-refractivity contribution in [3.63, 3.8) is 0 Å². The molecule has 0 saturated heterocycles. The van der Waals surface area contributed by atoms with Gasteiger partial charge in [0.2, 0.25) is 0 Å². The minimum absolute atomic E-state index is 0.351. The van der Waals surface area contributed by atoms with Gasteiger partial charge < -0.3 is 8.83 Å². The van der Waals surface area contributed by atoms with Crippen LogP contribution in [0.5, 0.6) is 0 Å². The Balaban J connectivity index is 1.74. The molecule has 4 heteroatoms. The van der Waals surface area contributed by atoms with E-state index in [1.54, 1.807) is 0 Å². The monoisotopic (exact) mass is 344 g/mol. The van der Waals surface area contributed by atoms with Gasteiger partial charge in [0.25, 0.3) is 0 Å². The lowest BCUT2D eigenvalue weighted by atomic mass is 10.1. The minimum Gasteiger partial charge on any atom is -0.423 e. The zero-order valence-corrected chi connectivity index (χ0v) is 14.4. The van der Waals surface area contributed by atoms with E-state index in [9.17, 15) is 9.59 Å². The maximum absolute atomic E-state index is 11.6. The summed E-state index contributed by atoms with van der Waals surface area (Å²) in [7, 11) is 0. The summed E-state index contributed by atoms with van der Waals surface area (Å²) in [5, 5.41) is 1.84. The quantitative estimate of drug-likeness (QED) is 0.391. The summed E-state index contributed by atoms with van der Waals surface area (Å²) in [4.78, 5) is 23.1. The minimum atomic E-state index is -0.351. The average Bonchev–Trinajstić information content (AvgIpc) is 2.59. The predicted molar refractivity (Wildman–Crippen MR) is 103 cm³/mol. The van der Waals surface area contributed by atoms with Crippen molar-refractivity contribution in [2.45, 2.75) is 13.8 Å². The average molecular weight is 344 g/mol. The van der Waals surface area contributed by atoms with Crippen molar-refractivity contribution < 1.29 is 8.83 Å². The van der Waals surface area contributed by atoms with Gasteiger partial charge in [0.1, 0.15) is 11.2 Å². The van der Waals surface area contributed by atoms with E-state index in [0.29, 0.717) is 11.2 Å². The molecule has 4 nitrogen and oxygen atoms in total. The summed E-state index contributed by atoms with van der Waals surface area (Å²) in [6, 6.07) is 14.5. The van der Waals surface area contributed by atoms with Gasteiger partial charge in [-0.15, -0.1) is 0 Å². The summed E-state index contributed by atoms with van der Waals surface area (Å²) < 4.78 is 10.6. The Labute approximate surface area is 149 Å². The Morgan fingerprint density at radius 1 is 0.654 bits per heavy atom. The Hall–Kier alpha value is -3.40. The van der Waals surface area contributed by atoms with E-state index in [0.717, 1.165) is 33.0 Å². The van der Waals surface area contributed by atoms with Crippen molar-refractivity contribution in [1.29, 1.82) is 0 Å². The van der Waals surface area contributed by atoms with Crippen molar-refractivity contribution >= 4 is 34.1 Å². The van der Waals surface area contributed by atoms with Crippen LogP contribution in [0.3, 0.4) is 0 Å². The van der Waals surface area contributed by atoms with Crippen LogP contribution in [0.4, 0.5) is 0 Å². The Morgan fingerprint density at radius 2 is 1.08 bits per heavy atom. The molecular formula is C22H16O4. The number of rotatable bonds is 2. The molecule has 0 fully saturated rings. The Morgan fingerprint density at radius 3 is 1.50 bits per heavy atom. The third-order valence-corrected chi connectivity index (χ3v) is 4.42. The number of aryl methyl sites for hydroxylation is 2.